The van der Waals surface area contributed by atoms with Crippen LogP contribution in [0.2, 0.25) is 10.0 Å². The molecule has 1 aliphatic heterocycles. The number of rotatable bonds is 8. The van der Waals surface area contributed by atoms with E-state index in [1.807, 2.05) is 6.20 Å². The van der Waals surface area contributed by atoms with Crippen LogP contribution < -0.4 is 9.47 Å². The first kappa shape index (κ1) is 22.4. The first-order chi connectivity index (χ1) is 15.5. The Hall–Kier alpha value is -2.81. The number of morpholine rings is 1. The molecule has 0 saturated carbocycles. The summed E-state index contributed by atoms with van der Waals surface area (Å²) in [5.74, 6) is 1.21. The van der Waals surface area contributed by atoms with Gasteiger partial charge in [-0.1, -0.05) is 28.4 Å². The minimum absolute atomic E-state index is 0.0378. The van der Waals surface area contributed by atoms with Gasteiger partial charge in [0.05, 0.1) is 25.5 Å². The predicted molar refractivity (Wildman–Crippen MR) is 119 cm³/mol. The highest BCUT2D eigenvalue weighted by Gasteiger charge is 2.25. The van der Waals surface area contributed by atoms with Gasteiger partial charge in [-0.3, -0.25) is 4.79 Å². The maximum Gasteiger partial charge on any atom is 0.260 e. The van der Waals surface area contributed by atoms with Crippen molar-refractivity contribution in [3.8, 4) is 11.5 Å². The van der Waals surface area contributed by atoms with Gasteiger partial charge in [0.1, 0.15) is 23.8 Å². The lowest BCUT2D eigenvalue weighted by Crippen LogP contribution is -2.48. The number of hydrogen-bond donors (Lipinski definition) is 0. The fraction of sp³-hybridized carbons (Fsp3) is 0.318. The van der Waals surface area contributed by atoms with E-state index in [0.717, 1.165) is 0 Å². The van der Waals surface area contributed by atoms with Crippen molar-refractivity contribution in [3.05, 3.63) is 70.5 Å². The largest absolute Gasteiger partial charge is 0.487 e. The molecule has 4 rings (SSSR count). The summed E-state index contributed by atoms with van der Waals surface area (Å²) in [6, 6.07) is 14.0. The Kier molecular flexibility index (Phi) is 7.47. The molecule has 2 aromatic carbocycles. The quantitative estimate of drug-likeness (QED) is 0.495. The van der Waals surface area contributed by atoms with Gasteiger partial charge in [0, 0.05) is 23.1 Å². The van der Waals surface area contributed by atoms with Crippen molar-refractivity contribution < 1.29 is 19.0 Å². The zero-order valence-electron chi connectivity index (χ0n) is 17.2. The van der Waals surface area contributed by atoms with Crippen LogP contribution in [0.1, 0.15) is 5.69 Å². The number of amides is 1. The van der Waals surface area contributed by atoms with Crippen LogP contribution in [-0.2, 0) is 22.7 Å². The maximum absolute atomic E-state index is 12.5. The Morgan fingerprint density at radius 1 is 1.03 bits per heavy atom. The van der Waals surface area contributed by atoms with Crippen LogP contribution in [-0.4, -0.2) is 58.2 Å². The lowest BCUT2D eigenvalue weighted by atomic mass is 10.2. The minimum atomic E-state index is -0.185. The Balaban J connectivity index is 1.24. The monoisotopic (exact) mass is 476 g/mol. The number of carbonyl (C=O) groups is 1. The average Bonchev–Trinajstić information content (AvgIpc) is 3.25. The van der Waals surface area contributed by atoms with Crippen molar-refractivity contribution in [2.45, 2.75) is 19.3 Å². The molecule has 10 heteroatoms. The standard InChI is InChI=1S/C22H22Cl2N4O4/c23-16-1-5-19(6-2-16)31-14-18-11-28(26-25-18)13-21-12-27(9-10-30-21)22(29)15-32-20-7-3-17(24)4-8-20/h1-8,11,21H,9-10,12-15H2. The molecule has 0 aliphatic carbocycles. The molecule has 0 spiro atoms. The first-order valence-corrected chi connectivity index (χ1v) is 10.9. The highest BCUT2D eigenvalue weighted by Crippen LogP contribution is 2.17. The van der Waals surface area contributed by atoms with Crippen molar-refractivity contribution >= 4 is 29.1 Å². The molecule has 0 N–H and O–H groups in total. The summed E-state index contributed by atoms with van der Waals surface area (Å²) in [5, 5.41) is 9.54. The Morgan fingerprint density at radius 3 is 2.38 bits per heavy atom. The molecule has 1 amide bonds. The van der Waals surface area contributed by atoms with Crippen LogP contribution in [0.5, 0.6) is 11.5 Å². The van der Waals surface area contributed by atoms with E-state index < -0.39 is 0 Å². The summed E-state index contributed by atoms with van der Waals surface area (Å²) in [6.07, 6.45) is 1.62. The zero-order chi connectivity index (χ0) is 22.3. The molecule has 1 aromatic heterocycles. The molecule has 3 aromatic rings. The number of nitrogens with zero attached hydrogens (tertiary/aromatic N) is 4. The van der Waals surface area contributed by atoms with Gasteiger partial charge in [-0.2, -0.15) is 0 Å². The third kappa shape index (κ3) is 6.35. The third-order valence-electron chi connectivity index (χ3n) is 4.84. The lowest BCUT2D eigenvalue weighted by molar-refractivity contribution is -0.141. The second kappa shape index (κ2) is 10.7. The molecule has 168 valence electrons. The smallest absolute Gasteiger partial charge is 0.260 e. The minimum Gasteiger partial charge on any atom is -0.487 e. The summed E-state index contributed by atoms with van der Waals surface area (Å²) in [4.78, 5) is 14.3. The van der Waals surface area contributed by atoms with Crippen molar-refractivity contribution in [2.24, 2.45) is 0 Å². The fourth-order valence-electron chi connectivity index (χ4n) is 3.21. The number of carbonyl (C=O) groups excluding carboxylic acids is 1. The van der Waals surface area contributed by atoms with E-state index in [4.69, 9.17) is 37.4 Å². The topological polar surface area (TPSA) is 78.7 Å². The summed E-state index contributed by atoms with van der Waals surface area (Å²) in [7, 11) is 0. The zero-order valence-corrected chi connectivity index (χ0v) is 18.7. The first-order valence-electron chi connectivity index (χ1n) is 10.1. The summed E-state index contributed by atoms with van der Waals surface area (Å²) in [5.41, 5.74) is 0.694. The summed E-state index contributed by atoms with van der Waals surface area (Å²) >= 11 is 11.7. The molecule has 1 unspecified atom stereocenters. The second-order valence-corrected chi connectivity index (χ2v) is 8.12. The van der Waals surface area contributed by atoms with Crippen LogP contribution in [0.25, 0.3) is 0 Å². The summed E-state index contributed by atoms with van der Waals surface area (Å²) < 4.78 is 18.8. The molecule has 1 aliphatic rings. The Labute approximate surface area is 195 Å². The van der Waals surface area contributed by atoms with Gasteiger partial charge in [0.15, 0.2) is 6.61 Å². The van der Waals surface area contributed by atoms with Gasteiger partial charge in [-0.15, -0.1) is 5.10 Å². The molecule has 0 radical (unpaired) electrons. The highest BCUT2D eigenvalue weighted by atomic mass is 35.5. The van der Waals surface area contributed by atoms with Crippen molar-refractivity contribution in [3.63, 3.8) is 0 Å². The van der Waals surface area contributed by atoms with Gasteiger partial charge >= 0.3 is 0 Å². The van der Waals surface area contributed by atoms with Crippen LogP contribution in [0.3, 0.4) is 0 Å². The van der Waals surface area contributed by atoms with Gasteiger partial charge in [-0.25, -0.2) is 4.68 Å². The lowest BCUT2D eigenvalue weighted by Gasteiger charge is -2.32. The number of aromatic nitrogens is 3. The number of benzene rings is 2. The number of hydrogen-bond acceptors (Lipinski definition) is 6. The van der Waals surface area contributed by atoms with Crippen LogP contribution in [0.15, 0.2) is 54.7 Å². The van der Waals surface area contributed by atoms with Crippen LogP contribution in [0.4, 0.5) is 0 Å². The molecule has 8 nitrogen and oxygen atoms in total. The van der Waals surface area contributed by atoms with E-state index in [0.29, 0.717) is 60.1 Å². The van der Waals surface area contributed by atoms with E-state index in [2.05, 4.69) is 10.3 Å². The molecule has 1 saturated heterocycles. The Bertz CT molecular complexity index is 1030. The van der Waals surface area contributed by atoms with Crippen molar-refractivity contribution in [1.29, 1.82) is 0 Å². The fourth-order valence-corrected chi connectivity index (χ4v) is 3.47. The average molecular weight is 477 g/mol. The third-order valence-corrected chi connectivity index (χ3v) is 5.35. The van der Waals surface area contributed by atoms with Crippen molar-refractivity contribution in [2.75, 3.05) is 26.3 Å². The highest BCUT2D eigenvalue weighted by molar-refractivity contribution is 6.30. The van der Waals surface area contributed by atoms with E-state index >= 15 is 0 Å². The Morgan fingerprint density at radius 2 is 1.69 bits per heavy atom. The van der Waals surface area contributed by atoms with Gasteiger partial charge in [-0.05, 0) is 48.5 Å². The van der Waals surface area contributed by atoms with E-state index in [1.165, 1.54) is 0 Å². The number of halogens is 2. The molecule has 1 fully saturated rings. The van der Waals surface area contributed by atoms with Crippen LogP contribution in [0, 0.1) is 0 Å². The molecular formula is C22H22Cl2N4O4. The molecule has 0 bridgehead atoms. The number of ether oxygens (including phenoxy) is 3. The van der Waals surface area contributed by atoms with E-state index in [-0.39, 0.29) is 18.6 Å². The maximum atomic E-state index is 12.5. The van der Waals surface area contributed by atoms with E-state index in [1.54, 1.807) is 58.1 Å². The molecular weight excluding hydrogens is 455 g/mol. The SMILES string of the molecule is O=C(COc1ccc(Cl)cc1)N1CCOC(Cn2cc(COc3ccc(Cl)cc3)nn2)C1. The van der Waals surface area contributed by atoms with Crippen molar-refractivity contribution in [1.82, 2.24) is 19.9 Å². The summed E-state index contributed by atoms with van der Waals surface area (Å²) in [6.45, 7) is 2.17. The van der Waals surface area contributed by atoms with Crippen LogP contribution >= 0.6 is 23.2 Å². The van der Waals surface area contributed by atoms with Gasteiger partial charge < -0.3 is 19.1 Å². The molecule has 1 atom stereocenters. The predicted octanol–water partition coefficient (Wildman–Crippen LogP) is 3.47. The second-order valence-electron chi connectivity index (χ2n) is 7.25. The normalized spacial score (nSPS) is 16.1. The van der Waals surface area contributed by atoms with E-state index in [9.17, 15) is 4.79 Å². The van der Waals surface area contributed by atoms with Gasteiger partial charge in [0.2, 0.25) is 0 Å². The van der Waals surface area contributed by atoms with Gasteiger partial charge in [0.25, 0.3) is 5.91 Å². The molecule has 32 heavy (non-hydrogen) atoms. The molecule has 2 heterocycles.